The van der Waals surface area contributed by atoms with Crippen LogP contribution in [-0.2, 0) is 0 Å². The SMILES string of the molecule is Cc1cc(C=CCCN)cc(C)c1Cl. The number of hydrogen-bond donors (Lipinski definition) is 1. The minimum absolute atomic E-state index is 0.696. The molecule has 76 valence electrons. The number of hydrogen-bond acceptors (Lipinski definition) is 1. The van der Waals surface area contributed by atoms with E-state index in [0.29, 0.717) is 6.54 Å². The van der Waals surface area contributed by atoms with E-state index >= 15 is 0 Å². The summed E-state index contributed by atoms with van der Waals surface area (Å²) < 4.78 is 0. The van der Waals surface area contributed by atoms with Gasteiger partial charge in [-0.05, 0) is 43.5 Å². The normalized spacial score (nSPS) is 11.1. The molecule has 0 bridgehead atoms. The molecular formula is C12H16ClN. The van der Waals surface area contributed by atoms with Crippen LogP contribution in [0.1, 0.15) is 23.1 Å². The van der Waals surface area contributed by atoms with Gasteiger partial charge in [-0.3, -0.25) is 0 Å². The molecule has 0 aromatic heterocycles. The Morgan fingerprint density at radius 1 is 1.29 bits per heavy atom. The van der Waals surface area contributed by atoms with Gasteiger partial charge in [0, 0.05) is 5.02 Å². The highest BCUT2D eigenvalue weighted by molar-refractivity contribution is 6.32. The number of nitrogens with two attached hydrogens (primary N) is 1. The Bertz CT molecular complexity index is 319. The largest absolute Gasteiger partial charge is 0.330 e. The second-order valence-corrected chi connectivity index (χ2v) is 3.83. The van der Waals surface area contributed by atoms with Crippen molar-refractivity contribution in [3.63, 3.8) is 0 Å². The quantitative estimate of drug-likeness (QED) is 0.812. The number of benzene rings is 1. The summed E-state index contributed by atoms with van der Waals surface area (Å²) in [6, 6.07) is 4.17. The lowest BCUT2D eigenvalue weighted by Gasteiger charge is -2.04. The molecule has 1 aromatic rings. The molecule has 0 aliphatic rings. The van der Waals surface area contributed by atoms with Crippen molar-refractivity contribution >= 4 is 17.7 Å². The fourth-order valence-corrected chi connectivity index (χ4v) is 1.50. The van der Waals surface area contributed by atoms with E-state index in [9.17, 15) is 0 Å². The van der Waals surface area contributed by atoms with Crippen LogP contribution in [-0.4, -0.2) is 6.54 Å². The molecule has 0 spiro atoms. The van der Waals surface area contributed by atoms with E-state index in [4.69, 9.17) is 17.3 Å². The van der Waals surface area contributed by atoms with Crippen LogP contribution in [0.3, 0.4) is 0 Å². The fraction of sp³-hybridized carbons (Fsp3) is 0.333. The van der Waals surface area contributed by atoms with Crippen molar-refractivity contribution in [1.29, 1.82) is 0 Å². The van der Waals surface area contributed by atoms with Gasteiger partial charge in [-0.2, -0.15) is 0 Å². The molecule has 0 saturated carbocycles. The van der Waals surface area contributed by atoms with E-state index in [2.05, 4.69) is 24.3 Å². The molecule has 0 saturated heterocycles. The summed E-state index contributed by atoms with van der Waals surface area (Å²) in [5.74, 6) is 0. The summed E-state index contributed by atoms with van der Waals surface area (Å²) in [5.41, 5.74) is 8.84. The summed E-state index contributed by atoms with van der Waals surface area (Å²) in [6.45, 7) is 4.74. The molecule has 0 unspecified atom stereocenters. The van der Waals surface area contributed by atoms with Crippen LogP contribution in [0, 0.1) is 13.8 Å². The van der Waals surface area contributed by atoms with Gasteiger partial charge in [0.05, 0.1) is 0 Å². The number of rotatable bonds is 3. The van der Waals surface area contributed by atoms with Gasteiger partial charge in [0.1, 0.15) is 0 Å². The summed E-state index contributed by atoms with van der Waals surface area (Å²) in [6.07, 6.45) is 5.09. The zero-order valence-corrected chi connectivity index (χ0v) is 9.43. The van der Waals surface area contributed by atoms with E-state index in [1.807, 2.05) is 13.8 Å². The molecule has 1 nitrogen and oxygen atoms in total. The van der Waals surface area contributed by atoms with E-state index in [-0.39, 0.29) is 0 Å². The van der Waals surface area contributed by atoms with Crippen molar-refractivity contribution in [2.45, 2.75) is 20.3 Å². The third kappa shape index (κ3) is 2.86. The van der Waals surface area contributed by atoms with E-state index in [1.54, 1.807) is 0 Å². The molecule has 0 aliphatic heterocycles. The van der Waals surface area contributed by atoms with Crippen LogP contribution in [0.5, 0.6) is 0 Å². The van der Waals surface area contributed by atoms with Gasteiger partial charge in [0.15, 0.2) is 0 Å². The summed E-state index contributed by atoms with van der Waals surface area (Å²) in [7, 11) is 0. The maximum Gasteiger partial charge on any atom is 0.0464 e. The molecule has 0 amide bonds. The molecule has 2 N–H and O–H groups in total. The van der Waals surface area contributed by atoms with Crippen LogP contribution < -0.4 is 5.73 Å². The first-order valence-corrected chi connectivity index (χ1v) is 5.16. The first-order valence-electron chi connectivity index (χ1n) is 4.78. The van der Waals surface area contributed by atoms with Crippen LogP contribution in [0.2, 0.25) is 5.02 Å². The average molecular weight is 210 g/mol. The molecule has 14 heavy (non-hydrogen) atoms. The van der Waals surface area contributed by atoms with E-state index < -0.39 is 0 Å². The van der Waals surface area contributed by atoms with Crippen molar-refractivity contribution in [2.24, 2.45) is 5.73 Å². The zero-order chi connectivity index (χ0) is 10.6. The summed E-state index contributed by atoms with van der Waals surface area (Å²) in [4.78, 5) is 0. The highest BCUT2D eigenvalue weighted by Crippen LogP contribution is 2.22. The average Bonchev–Trinajstić information content (AvgIpc) is 2.14. The minimum Gasteiger partial charge on any atom is -0.330 e. The molecule has 2 heteroatoms. The Morgan fingerprint density at radius 3 is 2.36 bits per heavy atom. The lowest BCUT2D eigenvalue weighted by atomic mass is 10.1. The van der Waals surface area contributed by atoms with Gasteiger partial charge in [0.2, 0.25) is 0 Å². The molecule has 0 radical (unpaired) electrons. The monoisotopic (exact) mass is 209 g/mol. The predicted molar refractivity (Wildman–Crippen MR) is 63.6 cm³/mol. The molecule has 1 aromatic carbocycles. The second kappa shape index (κ2) is 5.18. The molecule has 1 rings (SSSR count). The number of halogens is 1. The minimum atomic E-state index is 0.696. The predicted octanol–water partition coefficient (Wildman–Crippen LogP) is 3.32. The van der Waals surface area contributed by atoms with Crippen LogP contribution >= 0.6 is 11.6 Å². The fourth-order valence-electron chi connectivity index (χ4n) is 1.39. The van der Waals surface area contributed by atoms with Gasteiger partial charge >= 0.3 is 0 Å². The molecule has 0 fully saturated rings. The zero-order valence-electron chi connectivity index (χ0n) is 8.68. The third-order valence-corrected chi connectivity index (χ3v) is 2.70. The Hall–Kier alpha value is -0.790. The Morgan fingerprint density at radius 2 is 1.86 bits per heavy atom. The van der Waals surface area contributed by atoms with Crippen LogP contribution in [0.25, 0.3) is 6.08 Å². The van der Waals surface area contributed by atoms with Crippen molar-refractivity contribution in [3.8, 4) is 0 Å². The highest BCUT2D eigenvalue weighted by Gasteiger charge is 1.99. The lowest BCUT2D eigenvalue weighted by Crippen LogP contribution is -1.95. The molecule has 0 aliphatic carbocycles. The highest BCUT2D eigenvalue weighted by atomic mass is 35.5. The Kier molecular flexibility index (Phi) is 4.18. The standard InChI is InChI=1S/C12H16ClN/c1-9-7-11(5-3-4-6-14)8-10(2)12(9)13/h3,5,7-8H,4,6,14H2,1-2H3. The van der Waals surface area contributed by atoms with Crippen molar-refractivity contribution < 1.29 is 0 Å². The van der Waals surface area contributed by atoms with Crippen molar-refractivity contribution in [3.05, 3.63) is 39.9 Å². The molecule has 0 atom stereocenters. The van der Waals surface area contributed by atoms with Crippen LogP contribution in [0.15, 0.2) is 18.2 Å². The van der Waals surface area contributed by atoms with Gasteiger partial charge in [-0.1, -0.05) is 35.9 Å². The first-order chi connectivity index (χ1) is 6.65. The van der Waals surface area contributed by atoms with Gasteiger partial charge in [-0.15, -0.1) is 0 Å². The van der Waals surface area contributed by atoms with Gasteiger partial charge in [-0.25, -0.2) is 0 Å². The third-order valence-electron chi connectivity index (χ3n) is 2.10. The van der Waals surface area contributed by atoms with Gasteiger partial charge in [0.25, 0.3) is 0 Å². The van der Waals surface area contributed by atoms with E-state index in [1.165, 1.54) is 5.56 Å². The lowest BCUT2D eigenvalue weighted by molar-refractivity contribution is 1.01. The number of aryl methyl sites for hydroxylation is 2. The first kappa shape index (κ1) is 11.3. The second-order valence-electron chi connectivity index (χ2n) is 3.45. The summed E-state index contributed by atoms with van der Waals surface area (Å²) in [5, 5.41) is 0.862. The molecule has 0 heterocycles. The van der Waals surface area contributed by atoms with Crippen LogP contribution in [0.4, 0.5) is 0 Å². The maximum atomic E-state index is 6.07. The maximum absolute atomic E-state index is 6.07. The topological polar surface area (TPSA) is 26.0 Å². The van der Waals surface area contributed by atoms with Crippen molar-refractivity contribution in [1.82, 2.24) is 0 Å². The smallest absolute Gasteiger partial charge is 0.0464 e. The van der Waals surface area contributed by atoms with Gasteiger partial charge < -0.3 is 5.73 Å². The van der Waals surface area contributed by atoms with Crippen molar-refractivity contribution in [2.75, 3.05) is 6.54 Å². The Labute approximate surface area is 90.6 Å². The molecular weight excluding hydrogens is 194 g/mol. The Balaban J connectivity index is 2.89. The summed E-state index contributed by atoms with van der Waals surface area (Å²) >= 11 is 6.07. The van der Waals surface area contributed by atoms with E-state index in [0.717, 1.165) is 22.6 Å².